The Balaban J connectivity index is 1.38. The number of nitrogens with one attached hydrogen (secondary N) is 1. The van der Waals surface area contributed by atoms with Gasteiger partial charge in [0.2, 0.25) is 0 Å². The van der Waals surface area contributed by atoms with Crippen LogP contribution in [0.15, 0.2) is 22.6 Å². The van der Waals surface area contributed by atoms with Gasteiger partial charge in [0.15, 0.2) is 11.4 Å². The molecule has 1 atom stereocenters. The molecule has 5 nitrogen and oxygen atoms in total. The molecule has 2 saturated heterocycles. The van der Waals surface area contributed by atoms with E-state index in [1.807, 2.05) is 0 Å². The third kappa shape index (κ3) is 2.57. The molecule has 1 aromatic heterocycles. The minimum atomic E-state index is -0.370. The van der Waals surface area contributed by atoms with Crippen LogP contribution in [0.2, 0.25) is 0 Å². The van der Waals surface area contributed by atoms with Crippen LogP contribution in [0.5, 0.6) is 0 Å². The minimum absolute atomic E-state index is 0.222. The Bertz CT molecular complexity index is 654. The smallest absolute Gasteiger partial charge is 0.295 e. The number of fused-ring (bicyclic) bond motifs is 1. The maximum absolute atomic E-state index is 13.6. The monoisotopic (exact) mass is 305 g/mol. The van der Waals surface area contributed by atoms with E-state index in [0.29, 0.717) is 23.6 Å². The predicted octanol–water partition coefficient (Wildman–Crippen LogP) is 2.63. The highest BCUT2D eigenvalue weighted by atomic mass is 19.1. The molecule has 0 spiro atoms. The summed E-state index contributed by atoms with van der Waals surface area (Å²) in [7, 11) is 0. The van der Waals surface area contributed by atoms with Crippen molar-refractivity contribution >= 4 is 17.1 Å². The van der Waals surface area contributed by atoms with Gasteiger partial charge in [0.1, 0.15) is 5.52 Å². The second kappa shape index (κ2) is 5.85. The van der Waals surface area contributed by atoms with Crippen LogP contribution in [0.25, 0.3) is 11.1 Å². The summed E-state index contributed by atoms with van der Waals surface area (Å²) in [5.74, 6) is -0.370. The molecule has 1 aromatic carbocycles. The number of aromatic nitrogens is 1. The molecule has 2 fully saturated rings. The average Bonchev–Trinajstić information content (AvgIpc) is 2.92. The first-order valence-corrected chi connectivity index (χ1v) is 7.93. The van der Waals surface area contributed by atoms with Gasteiger partial charge >= 0.3 is 0 Å². The van der Waals surface area contributed by atoms with Gasteiger partial charge in [0.05, 0.1) is 0 Å². The molecule has 0 bridgehead atoms. The SMILES string of the molecule is Fc1cccc2nc(NCC3CCN3C3CCOCC3)oc12. The molecule has 22 heavy (non-hydrogen) atoms. The summed E-state index contributed by atoms with van der Waals surface area (Å²) in [5.41, 5.74) is 0.775. The Morgan fingerprint density at radius 2 is 2.14 bits per heavy atom. The maximum atomic E-state index is 13.6. The summed E-state index contributed by atoms with van der Waals surface area (Å²) in [6.45, 7) is 3.67. The van der Waals surface area contributed by atoms with Crippen molar-refractivity contribution in [3.8, 4) is 0 Å². The number of para-hydroxylation sites is 1. The summed E-state index contributed by atoms with van der Waals surface area (Å²) >= 11 is 0. The van der Waals surface area contributed by atoms with Crippen LogP contribution in [-0.4, -0.2) is 48.3 Å². The second-order valence-electron chi connectivity index (χ2n) is 6.01. The van der Waals surface area contributed by atoms with E-state index in [1.165, 1.54) is 12.5 Å². The minimum Gasteiger partial charge on any atom is -0.420 e. The van der Waals surface area contributed by atoms with Gasteiger partial charge in [-0.15, -0.1) is 0 Å². The largest absolute Gasteiger partial charge is 0.420 e. The van der Waals surface area contributed by atoms with Crippen LogP contribution < -0.4 is 5.32 Å². The first-order chi connectivity index (χ1) is 10.8. The van der Waals surface area contributed by atoms with Gasteiger partial charge in [-0.1, -0.05) is 6.07 Å². The van der Waals surface area contributed by atoms with Gasteiger partial charge in [-0.25, -0.2) is 4.39 Å². The number of likely N-dealkylation sites (tertiary alicyclic amines) is 1. The van der Waals surface area contributed by atoms with Crippen molar-refractivity contribution in [2.24, 2.45) is 0 Å². The number of anilines is 1. The number of nitrogens with zero attached hydrogens (tertiary/aromatic N) is 2. The molecular weight excluding hydrogens is 285 g/mol. The van der Waals surface area contributed by atoms with Crippen molar-refractivity contribution in [2.45, 2.75) is 31.3 Å². The van der Waals surface area contributed by atoms with Crippen molar-refractivity contribution in [1.82, 2.24) is 9.88 Å². The van der Waals surface area contributed by atoms with Gasteiger partial charge in [0.25, 0.3) is 6.01 Å². The Kier molecular flexibility index (Phi) is 3.72. The lowest BCUT2D eigenvalue weighted by Crippen LogP contribution is -2.57. The third-order valence-electron chi connectivity index (χ3n) is 4.71. The number of hydrogen-bond donors (Lipinski definition) is 1. The van der Waals surface area contributed by atoms with Crippen LogP contribution in [0, 0.1) is 5.82 Å². The zero-order valence-electron chi connectivity index (χ0n) is 12.4. The van der Waals surface area contributed by atoms with E-state index in [2.05, 4.69) is 15.2 Å². The molecule has 0 aliphatic carbocycles. The Morgan fingerprint density at radius 1 is 1.27 bits per heavy atom. The van der Waals surface area contributed by atoms with Crippen molar-refractivity contribution in [2.75, 3.05) is 31.6 Å². The highest BCUT2D eigenvalue weighted by Crippen LogP contribution is 2.27. The second-order valence-corrected chi connectivity index (χ2v) is 6.01. The van der Waals surface area contributed by atoms with Crippen LogP contribution in [0.4, 0.5) is 10.4 Å². The lowest BCUT2D eigenvalue weighted by atomic mass is 9.95. The number of rotatable bonds is 4. The molecule has 0 saturated carbocycles. The van der Waals surface area contributed by atoms with E-state index in [4.69, 9.17) is 9.15 Å². The van der Waals surface area contributed by atoms with E-state index >= 15 is 0 Å². The number of ether oxygens (including phenoxy) is 1. The fraction of sp³-hybridized carbons (Fsp3) is 0.562. The van der Waals surface area contributed by atoms with E-state index in [9.17, 15) is 4.39 Å². The third-order valence-corrected chi connectivity index (χ3v) is 4.71. The van der Waals surface area contributed by atoms with Crippen molar-refractivity contribution < 1.29 is 13.5 Å². The van der Waals surface area contributed by atoms with Crippen LogP contribution >= 0.6 is 0 Å². The van der Waals surface area contributed by atoms with Crippen LogP contribution in [0.3, 0.4) is 0 Å². The molecule has 118 valence electrons. The Hall–Kier alpha value is -1.66. The number of hydrogen-bond acceptors (Lipinski definition) is 5. The zero-order chi connectivity index (χ0) is 14.9. The molecule has 0 radical (unpaired) electrons. The van der Waals surface area contributed by atoms with Crippen molar-refractivity contribution in [1.29, 1.82) is 0 Å². The Morgan fingerprint density at radius 3 is 2.86 bits per heavy atom. The lowest BCUT2D eigenvalue weighted by Gasteiger charge is -2.47. The quantitative estimate of drug-likeness (QED) is 0.941. The average molecular weight is 305 g/mol. The van der Waals surface area contributed by atoms with Gasteiger partial charge in [-0.05, 0) is 31.4 Å². The lowest BCUT2D eigenvalue weighted by molar-refractivity contribution is -0.0190. The topological polar surface area (TPSA) is 50.5 Å². The summed E-state index contributed by atoms with van der Waals surface area (Å²) in [6, 6.07) is 6.32. The first-order valence-electron chi connectivity index (χ1n) is 7.93. The van der Waals surface area contributed by atoms with E-state index in [1.54, 1.807) is 12.1 Å². The summed E-state index contributed by atoms with van der Waals surface area (Å²) in [4.78, 5) is 6.83. The summed E-state index contributed by atoms with van der Waals surface area (Å²) in [6.07, 6.45) is 3.41. The predicted molar refractivity (Wildman–Crippen MR) is 81.4 cm³/mol. The molecule has 6 heteroatoms. The summed E-state index contributed by atoms with van der Waals surface area (Å²) in [5, 5.41) is 3.21. The Labute approximate surface area is 128 Å². The van der Waals surface area contributed by atoms with Gasteiger partial charge in [-0.2, -0.15) is 4.98 Å². The van der Waals surface area contributed by atoms with Gasteiger partial charge < -0.3 is 14.5 Å². The molecular formula is C16H20FN3O2. The standard InChI is InChI=1S/C16H20FN3O2/c17-13-2-1-3-14-15(13)22-16(19-14)18-10-12-4-7-20(12)11-5-8-21-9-6-11/h1-3,11-12H,4-10H2,(H,18,19). The highest BCUT2D eigenvalue weighted by Gasteiger charge is 2.34. The van der Waals surface area contributed by atoms with E-state index < -0.39 is 0 Å². The van der Waals surface area contributed by atoms with Crippen molar-refractivity contribution in [3.05, 3.63) is 24.0 Å². The van der Waals surface area contributed by atoms with Crippen LogP contribution in [0.1, 0.15) is 19.3 Å². The molecule has 4 rings (SSSR count). The van der Waals surface area contributed by atoms with Gasteiger partial charge in [0, 0.05) is 38.4 Å². The van der Waals surface area contributed by atoms with Crippen molar-refractivity contribution in [3.63, 3.8) is 0 Å². The number of oxazole rings is 1. The molecule has 3 heterocycles. The molecule has 1 unspecified atom stereocenters. The first kappa shape index (κ1) is 14.0. The molecule has 2 aliphatic heterocycles. The van der Waals surface area contributed by atoms with E-state index in [0.717, 1.165) is 39.1 Å². The van der Waals surface area contributed by atoms with Gasteiger partial charge in [-0.3, -0.25) is 4.90 Å². The zero-order valence-corrected chi connectivity index (χ0v) is 12.4. The molecule has 2 aromatic rings. The molecule has 1 N–H and O–H groups in total. The fourth-order valence-corrected chi connectivity index (χ4v) is 3.37. The molecule has 2 aliphatic rings. The highest BCUT2D eigenvalue weighted by molar-refractivity contribution is 5.74. The number of benzene rings is 1. The number of halogens is 1. The maximum Gasteiger partial charge on any atom is 0.295 e. The van der Waals surface area contributed by atoms with E-state index in [-0.39, 0.29) is 11.4 Å². The fourth-order valence-electron chi connectivity index (χ4n) is 3.37. The molecule has 0 amide bonds. The summed E-state index contributed by atoms with van der Waals surface area (Å²) < 4.78 is 24.5. The normalized spacial score (nSPS) is 23.6. The van der Waals surface area contributed by atoms with Crippen LogP contribution in [-0.2, 0) is 4.74 Å².